The zero-order valence-corrected chi connectivity index (χ0v) is 11.8. The van der Waals surface area contributed by atoms with Crippen molar-refractivity contribution in [3.05, 3.63) is 34.7 Å². The van der Waals surface area contributed by atoms with Gasteiger partial charge in [-0.3, -0.25) is 0 Å². The van der Waals surface area contributed by atoms with E-state index < -0.39 is 12.2 Å². The van der Waals surface area contributed by atoms with Crippen LogP contribution in [0.5, 0.6) is 0 Å². The fourth-order valence-corrected chi connectivity index (χ4v) is 2.66. The highest BCUT2D eigenvalue weighted by Gasteiger charge is 2.18. The number of aromatic nitrogens is 1. The van der Waals surface area contributed by atoms with E-state index in [9.17, 15) is 10.2 Å². The maximum Gasteiger partial charge on any atom is 0.180 e. The summed E-state index contributed by atoms with van der Waals surface area (Å²) in [6.07, 6.45) is -2.25. The number of hydrogen-bond acceptors (Lipinski definition) is 6. The van der Waals surface area contributed by atoms with Gasteiger partial charge in [0.1, 0.15) is 6.10 Å². The molecule has 1 aromatic heterocycles. The summed E-state index contributed by atoms with van der Waals surface area (Å²) in [6, 6.07) is 8.91. The van der Waals surface area contributed by atoms with E-state index in [2.05, 4.69) is 4.98 Å². The molecule has 0 spiro atoms. The Balaban J connectivity index is 2.22. The minimum absolute atomic E-state index is 0.107. The number of anilines is 1. The minimum Gasteiger partial charge on any atom is -0.389 e. The maximum absolute atomic E-state index is 9.91. The molecule has 6 heteroatoms. The van der Waals surface area contributed by atoms with Crippen LogP contribution in [0.25, 0.3) is 11.3 Å². The largest absolute Gasteiger partial charge is 0.389 e. The molecule has 0 bridgehead atoms. The Morgan fingerprint density at radius 3 is 2.50 bits per heavy atom. The van der Waals surface area contributed by atoms with Crippen molar-refractivity contribution >= 4 is 16.5 Å². The van der Waals surface area contributed by atoms with Crippen LogP contribution in [0.2, 0.25) is 0 Å². The Morgan fingerprint density at radius 2 is 2.00 bits per heavy atom. The molecule has 0 saturated carbocycles. The van der Waals surface area contributed by atoms with Crippen molar-refractivity contribution in [1.82, 2.24) is 4.98 Å². The lowest BCUT2D eigenvalue weighted by atomic mass is 10.0. The number of hydrogen-bond donors (Lipinski definition) is 3. The molecule has 2 unspecified atom stereocenters. The predicted octanol–water partition coefficient (Wildman–Crippen LogP) is 2.01. The van der Waals surface area contributed by atoms with Crippen molar-refractivity contribution in [1.29, 1.82) is 5.26 Å². The zero-order chi connectivity index (χ0) is 14.7. The number of nitriles is 1. The highest BCUT2D eigenvalue weighted by atomic mass is 32.1. The van der Waals surface area contributed by atoms with Crippen LogP contribution in [0.3, 0.4) is 0 Å². The van der Waals surface area contributed by atoms with E-state index in [1.165, 1.54) is 11.3 Å². The van der Waals surface area contributed by atoms with Gasteiger partial charge in [0.05, 0.1) is 24.3 Å². The average molecular weight is 289 g/mol. The number of thiazole rings is 1. The second kappa shape index (κ2) is 6.01. The maximum atomic E-state index is 9.91. The third-order valence-corrected chi connectivity index (χ3v) is 3.80. The van der Waals surface area contributed by atoms with Crippen molar-refractivity contribution in [2.24, 2.45) is 0 Å². The quantitative estimate of drug-likeness (QED) is 0.799. The average Bonchev–Trinajstić information content (AvgIpc) is 2.77. The first-order chi connectivity index (χ1) is 9.52. The number of aliphatic hydroxyl groups excluding tert-OH is 2. The van der Waals surface area contributed by atoms with Crippen molar-refractivity contribution in [2.45, 2.75) is 25.6 Å². The van der Waals surface area contributed by atoms with Gasteiger partial charge in [0.15, 0.2) is 5.13 Å². The molecule has 5 nitrogen and oxygen atoms in total. The lowest BCUT2D eigenvalue weighted by molar-refractivity contribution is 0.0216. The molecule has 4 N–H and O–H groups in total. The number of aliphatic hydroxyl groups is 2. The van der Waals surface area contributed by atoms with Crippen molar-refractivity contribution in [3.63, 3.8) is 0 Å². The third kappa shape index (κ3) is 2.96. The molecule has 0 aliphatic heterocycles. The van der Waals surface area contributed by atoms with Gasteiger partial charge in [0.2, 0.25) is 0 Å². The Morgan fingerprint density at radius 1 is 1.35 bits per heavy atom. The molecule has 20 heavy (non-hydrogen) atoms. The summed E-state index contributed by atoms with van der Waals surface area (Å²) in [7, 11) is 0. The van der Waals surface area contributed by atoms with Gasteiger partial charge in [-0.2, -0.15) is 5.26 Å². The highest BCUT2D eigenvalue weighted by Crippen LogP contribution is 2.30. The zero-order valence-electron chi connectivity index (χ0n) is 10.9. The number of benzene rings is 1. The van der Waals surface area contributed by atoms with Crippen LogP contribution in [0, 0.1) is 18.3 Å². The Bertz CT molecular complexity index is 631. The summed E-state index contributed by atoms with van der Waals surface area (Å²) in [5.41, 5.74) is 7.97. The van der Waals surface area contributed by atoms with E-state index >= 15 is 0 Å². The van der Waals surface area contributed by atoms with Crippen molar-refractivity contribution in [3.8, 4) is 17.3 Å². The van der Waals surface area contributed by atoms with Gasteiger partial charge in [-0.25, -0.2) is 4.98 Å². The van der Waals surface area contributed by atoms with Crippen LogP contribution >= 0.6 is 11.3 Å². The number of nitrogens with two attached hydrogens (primary N) is 1. The standard InChI is InChI=1S/C14H15N3O2S/c1-8-12(17-14(16)20-8)9-2-4-10(5-3-9)13(19)11(18)6-7-15/h2-5,11,13,18-19H,6H2,1H3,(H2,16,17). The van der Waals surface area contributed by atoms with Crippen LogP contribution in [0.1, 0.15) is 23.0 Å². The van der Waals surface area contributed by atoms with Gasteiger partial charge in [-0.15, -0.1) is 11.3 Å². The lowest BCUT2D eigenvalue weighted by Crippen LogP contribution is -2.17. The van der Waals surface area contributed by atoms with Crippen LogP contribution < -0.4 is 5.73 Å². The lowest BCUT2D eigenvalue weighted by Gasteiger charge is -2.15. The molecular formula is C14H15N3O2S. The molecule has 0 radical (unpaired) electrons. The second-order valence-electron chi connectivity index (χ2n) is 4.45. The van der Waals surface area contributed by atoms with Crippen LogP contribution in [-0.4, -0.2) is 21.3 Å². The van der Waals surface area contributed by atoms with Crippen LogP contribution in [0.15, 0.2) is 24.3 Å². The van der Waals surface area contributed by atoms with Gasteiger partial charge in [0, 0.05) is 10.4 Å². The number of rotatable bonds is 4. The molecule has 0 saturated heterocycles. The molecule has 0 aliphatic rings. The molecule has 2 aromatic rings. The number of aryl methyl sites for hydroxylation is 1. The van der Waals surface area contributed by atoms with Crippen molar-refractivity contribution < 1.29 is 10.2 Å². The number of nitrogens with zero attached hydrogens (tertiary/aromatic N) is 2. The molecule has 2 rings (SSSR count). The summed E-state index contributed by atoms with van der Waals surface area (Å²) in [4.78, 5) is 5.29. The van der Waals surface area contributed by atoms with Crippen molar-refractivity contribution in [2.75, 3.05) is 5.73 Å². The van der Waals surface area contributed by atoms with Crippen LogP contribution in [0.4, 0.5) is 5.13 Å². The second-order valence-corrected chi connectivity index (χ2v) is 5.69. The normalized spacial score (nSPS) is 13.7. The van der Waals surface area contributed by atoms with Gasteiger partial charge >= 0.3 is 0 Å². The molecular weight excluding hydrogens is 274 g/mol. The van der Waals surface area contributed by atoms with Gasteiger partial charge in [0.25, 0.3) is 0 Å². The topological polar surface area (TPSA) is 103 Å². The first kappa shape index (κ1) is 14.5. The van der Waals surface area contributed by atoms with Gasteiger partial charge in [-0.05, 0) is 12.5 Å². The molecule has 0 aliphatic carbocycles. The molecule has 2 atom stereocenters. The third-order valence-electron chi connectivity index (χ3n) is 3.00. The van der Waals surface area contributed by atoms with E-state index in [0.717, 1.165) is 16.1 Å². The Labute approximate surface area is 120 Å². The van der Waals surface area contributed by atoms with E-state index in [4.69, 9.17) is 11.0 Å². The Kier molecular flexibility index (Phi) is 4.35. The summed E-state index contributed by atoms with van der Waals surface area (Å²) in [5, 5.41) is 28.5. The molecule has 1 aromatic carbocycles. The van der Waals surface area contributed by atoms with E-state index in [1.807, 2.05) is 25.1 Å². The fourth-order valence-electron chi connectivity index (χ4n) is 1.95. The smallest absolute Gasteiger partial charge is 0.180 e. The molecule has 1 heterocycles. The summed E-state index contributed by atoms with van der Waals surface area (Å²) >= 11 is 1.43. The van der Waals surface area contributed by atoms with Gasteiger partial charge < -0.3 is 15.9 Å². The monoisotopic (exact) mass is 289 g/mol. The van der Waals surface area contributed by atoms with Crippen LogP contribution in [-0.2, 0) is 0 Å². The predicted molar refractivity (Wildman–Crippen MR) is 77.9 cm³/mol. The minimum atomic E-state index is -1.08. The molecule has 104 valence electrons. The fraction of sp³-hybridized carbons (Fsp3) is 0.286. The molecule has 0 amide bonds. The highest BCUT2D eigenvalue weighted by molar-refractivity contribution is 7.15. The Hall–Kier alpha value is -1.94. The van der Waals surface area contributed by atoms with Gasteiger partial charge in [-0.1, -0.05) is 24.3 Å². The summed E-state index contributed by atoms with van der Waals surface area (Å²) in [5.74, 6) is 0. The van der Waals surface area contributed by atoms with E-state index in [1.54, 1.807) is 12.1 Å². The number of nitrogen functional groups attached to an aromatic ring is 1. The first-order valence-corrected chi connectivity index (χ1v) is 6.91. The first-order valence-electron chi connectivity index (χ1n) is 6.09. The summed E-state index contributed by atoms with van der Waals surface area (Å²) in [6.45, 7) is 1.95. The summed E-state index contributed by atoms with van der Waals surface area (Å²) < 4.78 is 0. The SMILES string of the molecule is Cc1sc(N)nc1-c1ccc(C(O)C(O)CC#N)cc1. The molecule has 0 fully saturated rings. The van der Waals surface area contributed by atoms with E-state index in [-0.39, 0.29) is 6.42 Å². The van der Waals surface area contributed by atoms with E-state index in [0.29, 0.717) is 10.7 Å².